The predicted molar refractivity (Wildman–Crippen MR) is 126 cm³/mol. The largest absolute Gasteiger partial charge is 0.312 e. The molecule has 5 rings (SSSR count). The molecule has 2 heterocycles. The zero-order valence-corrected chi connectivity index (χ0v) is 18.0. The second kappa shape index (κ2) is 8.96. The molecular formula is C24H22ClN3OS. The van der Waals surface area contributed by atoms with Crippen LogP contribution in [0.25, 0.3) is 10.8 Å². The van der Waals surface area contributed by atoms with Crippen molar-refractivity contribution in [2.24, 2.45) is 0 Å². The van der Waals surface area contributed by atoms with E-state index in [0.717, 1.165) is 30.8 Å². The molecule has 0 bridgehead atoms. The Hall–Kier alpha value is -2.73. The van der Waals surface area contributed by atoms with E-state index in [1.807, 2.05) is 24.4 Å². The molecule has 30 heavy (non-hydrogen) atoms. The number of nitrogens with one attached hydrogen (secondary N) is 2. The van der Waals surface area contributed by atoms with Gasteiger partial charge in [-0.1, -0.05) is 48.5 Å². The Kier molecular flexibility index (Phi) is 6.13. The second-order valence-electron chi connectivity index (χ2n) is 7.31. The van der Waals surface area contributed by atoms with E-state index in [1.165, 1.54) is 38.8 Å². The average Bonchev–Trinajstić information content (AvgIpc) is 3.20. The Morgan fingerprint density at radius 3 is 2.87 bits per heavy atom. The third kappa shape index (κ3) is 4.24. The molecule has 0 atom stereocenters. The van der Waals surface area contributed by atoms with Gasteiger partial charge >= 0.3 is 0 Å². The quantitative estimate of drug-likeness (QED) is 0.462. The molecule has 0 saturated carbocycles. The SMILES string of the molecule is Cl.O=C(Nc1ncc(Cc2cccc3ccccc23)s1)c1ccc2c(c1)CCNC2. The molecule has 152 valence electrons. The lowest BCUT2D eigenvalue weighted by Crippen LogP contribution is -2.24. The number of rotatable bonds is 4. The van der Waals surface area contributed by atoms with Crippen LogP contribution in [0.2, 0.25) is 0 Å². The summed E-state index contributed by atoms with van der Waals surface area (Å²) in [5, 5.41) is 9.46. The number of carbonyl (C=O) groups excluding carboxylic acids is 1. The summed E-state index contributed by atoms with van der Waals surface area (Å²) in [6.45, 7) is 1.84. The monoisotopic (exact) mass is 435 g/mol. The van der Waals surface area contributed by atoms with Gasteiger partial charge in [-0.2, -0.15) is 0 Å². The molecule has 2 N–H and O–H groups in total. The van der Waals surface area contributed by atoms with Crippen LogP contribution in [0.3, 0.4) is 0 Å². The van der Waals surface area contributed by atoms with Crippen LogP contribution in [-0.2, 0) is 19.4 Å². The van der Waals surface area contributed by atoms with Gasteiger partial charge in [0.1, 0.15) is 0 Å². The third-order valence-electron chi connectivity index (χ3n) is 5.37. The fraction of sp³-hybridized carbons (Fsp3) is 0.167. The number of hydrogen-bond donors (Lipinski definition) is 2. The zero-order chi connectivity index (χ0) is 19.6. The minimum atomic E-state index is -0.0996. The Morgan fingerprint density at radius 2 is 1.93 bits per heavy atom. The van der Waals surface area contributed by atoms with Gasteiger partial charge in [0.25, 0.3) is 5.91 Å². The summed E-state index contributed by atoms with van der Waals surface area (Å²) in [4.78, 5) is 18.2. The van der Waals surface area contributed by atoms with Crippen molar-refractivity contribution in [1.29, 1.82) is 0 Å². The molecule has 1 aliphatic heterocycles. The third-order valence-corrected chi connectivity index (χ3v) is 6.29. The first-order valence-electron chi connectivity index (χ1n) is 9.81. The van der Waals surface area contributed by atoms with Gasteiger partial charge in [0.15, 0.2) is 5.13 Å². The molecule has 1 aromatic heterocycles. The van der Waals surface area contributed by atoms with E-state index in [9.17, 15) is 4.79 Å². The van der Waals surface area contributed by atoms with Crippen LogP contribution < -0.4 is 10.6 Å². The Bertz CT molecular complexity index is 1200. The zero-order valence-electron chi connectivity index (χ0n) is 16.4. The van der Waals surface area contributed by atoms with Gasteiger partial charge in [-0.05, 0) is 52.6 Å². The second-order valence-corrected chi connectivity index (χ2v) is 8.43. The summed E-state index contributed by atoms with van der Waals surface area (Å²) in [5.74, 6) is -0.0996. The van der Waals surface area contributed by atoms with Gasteiger partial charge in [-0.15, -0.1) is 23.7 Å². The maximum atomic E-state index is 12.7. The molecule has 4 aromatic rings. The number of nitrogens with zero attached hydrogens (tertiary/aromatic N) is 1. The number of anilines is 1. The van der Waals surface area contributed by atoms with E-state index in [-0.39, 0.29) is 18.3 Å². The first-order chi connectivity index (χ1) is 14.3. The number of fused-ring (bicyclic) bond motifs is 2. The van der Waals surface area contributed by atoms with Crippen LogP contribution in [-0.4, -0.2) is 17.4 Å². The minimum Gasteiger partial charge on any atom is -0.312 e. The number of amides is 1. The molecule has 0 spiro atoms. The number of carbonyl (C=O) groups is 1. The molecule has 6 heteroatoms. The Labute approximate surface area is 185 Å². The van der Waals surface area contributed by atoms with Gasteiger partial charge in [0.2, 0.25) is 0 Å². The lowest BCUT2D eigenvalue weighted by molar-refractivity contribution is 0.102. The normalized spacial score (nSPS) is 12.8. The first kappa shape index (κ1) is 20.5. The highest BCUT2D eigenvalue weighted by Gasteiger charge is 2.14. The number of halogens is 1. The number of hydrogen-bond acceptors (Lipinski definition) is 4. The summed E-state index contributed by atoms with van der Waals surface area (Å²) in [7, 11) is 0. The van der Waals surface area contributed by atoms with Crippen LogP contribution in [0.1, 0.15) is 31.9 Å². The summed E-state index contributed by atoms with van der Waals surface area (Å²) in [5.41, 5.74) is 4.50. The van der Waals surface area contributed by atoms with Crippen molar-refractivity contribution in [2.75, 3.05) is 11.9 Å². The van der Waals surface area contributed by atoms with Crippen LogP contribution in [0.5, 0.6) is 0 Å². The van der Waals surface area contributed by atoms with E-state index in [0.29, 0.717) is 10.7 Å². The fourth-order valence-electron chi connectivity index (χ4n) is 3.87. The Balaban J connectivity index is 0.00000218. The summed E-state index contributed by atoms with van der Waals surface area (Å²) in [6.07, 6.45) is 3.63. The van der Waals surface area contributed by atoms with Crippen molar-refractivity contribution in [2.45, 2.75) is 19.4 Å². The summed E-state index contributed by atoms with van der Waals surface area (Å²) < 4.78 is 0. The van der Waals surface area contributed by atoms with Crippen molar-refractivity contribution < 1.29 is 4.79 Å². The van der Waals surface area contributed by atoms with Crippen LogP contribution in [0, 0.1) is 0 Å². The molecule has 0 radical (unpaired) electrons. The minimum absolute atomic E-state index is 0. The van der Waals surface area contributed by atoms with Gasteiger partial charge in [0.05, 0.1) is 0 Å². The van der Waals surface area contributed by atoms with Crippen molar-refractivity contribution in [3.05, 3.63) is 94.0 Å². The smallest absolute Gasteiger partial charge is 0.257 e. The maximum absolute atomic E-state index is 12.7. The van der Waals surface area contributed by atoms with Crippen LogP contribution in [0.15, 0.2) is 66.9 Å². The van der Waals surface area contributed by atoms with Crippen LogP contribution in [0.4, 0.5) is 5.13 Å². The van der Waals surface area contributed by atoms with Crippen LogP contribution >= 0.6 is 23.7 Å². The standard InChI is InChI=1S/C24H21N3OS.ClH/c28-23(19-8-9-20-14-25-11-10-17(20)12-19)27-24-26-15-21(29-24)13-18-6-3-5-16-4-1-2-7-22(16)18;/h1-9,12,15,25H,10-11,13-14H2,(H,26,27,28);1H. The molecule has 1 amide bonds. The average molecular weight is 436 g/mol. The first-order valence-corrected chi connectivity index (χ1v) is 10.6. The van der Waals surface area contributed by atoms with Gasteiger partial charge in [0, 0.05) is 29.6 Å². The van der Waals surface area contributed by atoms with E-state index < -0.39 is 0 Å². The molecule has 0 unspecified atom stereocenters. The molecule has 0 saturated heterocycles. The van der Waals surface area contributed by atoms with Gasteiger partial charge < -0.3 is 5.32 Å². The molecule has 0 fully saturated rings. The molecule has 3 aromatic carbocycles. The highest BCUT2D eigenvalue weighted by molar-refractivity contribution is 7.15. The van der Waals surface area contributed by atoms with Crippen molar-refractivity contribution in [1.82, 2.24) is 10.3 Å². The van der Waals surface area contributed by atoms with Crippen molar-refractivity contribution in [3.63, 3.8) is 0 Å². The summed E-state index contributed by atoms with van der Waals surface area (Å²) in [6, 6.07) is 20.7. The van der Waals surface area contributed by atoms with Gasteiger partial charge in [-0.3, -0.25) is 10.1 Å². The van der Waals surface area contributed by atoms with E-state index in [4.69, 9.17) is 0 Å². The topological polar surface area (TPSA) is 54.0 Å². The van der Waals surface area contributed by atoms with E-state index in [2.05, 4.69) is 58.1 Å². The van der Waals surface area contributed by atoms with E-state index in [1.54, 1.807) is 0 Å². The lowest BCUT2D eigenvalue weighted by Gasteiger charge is -2.17. The number of benzene rings is 3. The summed E-state index contributed by atoms with van der Waals surface area (Å²) >= 11 is 1.53. The molecule has 1 aliphatic rings. The highest BCUT2D eigenvalue weighted by Crippen LogP contribution is 2.26. The maximum Gasteiger partial charge on any atom is 0.257 e. The van der Waals surface area contributed by atoms with Gasteiger partial charge in [-0.25, -0.2) is 4.98 Å². The highest BCUT2D eigenvalue weighted by atomic mass is 35.5. The molecule has 0 aliphatic carbocycles. The number of thiazole rings is 1. The molecular weight excluding hydrogens is 414 g/mol. The predicted octanol–water partition coefficient (Wildman–Crippen LogP) is 5.21. The Morgan fingerprint density at radius 1 is 1.07 bits per heavy atom. The fourth-order valence-corrected chi connectivity index (χ4v) is 4.70. The van der Waals surface area contributed by atoms with Crippen molar-refractivity contribution in [3.8, 4) is 0 Å². The number of aromatic nitrogens is 1. The molecule has 4 nitrogen and oxygen atoms in total. The lowest BCUT2D eigenvalue weighted by atomic mass is 9.98. The van der Waals surface area contributed by atoms with E-state index >= 15 is 0 Å². The van der Waals surface area contributed by atoms with Crippen molar-refractivity contribution >= 4 is 45.6 Å².